The number of nitrogens with zero attached hydrogens (tertiary/aromatic N) is 5. The summed E-state index contributed by atoms with van der Waals surface area (Å²) >= 11 is 0. The van der Waals surface area contributed by atoms with Crippen LogP contribution in [0.2, 0.25) is 0 Å². The number of carboxylic acid groups (broad SMARTS) is 3. The molecule has 2 atom stereocenters. The van der Waals surface area contributed by atoms with Crippen LogP contribution in [0.15, 0.2) is 93.4 Å². The number of hydrogen-bond acceptors (Lipinski definition) is 18. The van der Waals surface area contributed by atoms with Gasteiger partial charge in [-0.2, -0.15) is 4.99 Å². The van der Waals surface area contributed by atoms with Crippen molar-refractivity contribution < 1.29 is 58.7 Å². The summed E-state index contributed by atoms with van der Waals surface area (Å²) in [7, 11) is 0. The predicted molar refractivity (Wildman–Crippen MR) is 317 cm³/mol. The van der Waals surface area contributed by atoms with E-state index in [1.54, 1.807) is 70.2 Å². The second-order valence-corrected chi connectivity index (χ2v) is 20.1. The molecule has 14 N–H and O–H groups in total. The Hall–Kier alpha value is -8.70. The Bertz CT molecular complexity index is 2860. The van der Waals surface area contributed by atoms with Gasteiger partial charge in [-0.15, -0.1) is 0 Å². The number of carbonyl (C=O) groups excluding carboxylic acids is 4. The first-order chi connectivity index (χ1) is 40.9. The van der Waals surface area contributed by atoms with Crippen molar-refractivity contribution in [2.24, 2.45) is 10.7 Å². The molecule has 1 fully saturated rings. The third-order valence-electron chi connectivity index (χ3n) is 13.6. The van der Waals surface area contributed by atoms with Gasteiger partial charge in [0.05, 0.1) is 32.2 Å². The number of rotatable bonds is 33. The van der Waals surface area contributed by atoms with Gasteiger partial charge in [-0.1, -0.05) is 61.5 Å². The zero-order valence-corrected chi connectivity index (χ0v) is 47.8. The lowest BCUT2D eigenvalue weighted by molar-refractivity contribution is -0.140. The Morgan fingerprint density at radius 1 is 0.600 bits per heavy atom. The van der Waals surface area contributed by atoms with Crippen molar-refractivity contribution in [3.63, 3.8) is 0 Å². The highest BCUT2D eigenvalue weighted by atomic mass is 16.5. The van der Waals surface area contributed by atoms with Gasteiger partial charge in [-0.3, -0.25) is 58.0 Å². The molecule has 5 rings (SSSR count). The molecule has 0 aromatic heterocycles. The van der Waals surface area contributed by atoms with Crippen LogP contribution in [0.3, 0.4) is 0 Å². The molecule has 1 saturated heterocycles. The maximum atomic E-state index is 14.4. The Balaban J connectivity index is 1.11. The molecule has 4 aromatic carbocycles. The van der Waals surface area contributed by atoms with Crippen LogP contribution in [0.1, 0.15) is 55.2 Å². The fourth-order valence-corrected chi connectivity index (χ4v) is 9.06. The van der Waals surface area contributed by atoms with E-state index in [4.69, 9.17) is 10.5 Å². The summed E-state index contributed by atoms with van der Waals surface area (Å²) in [6.45, 7) is 6.02. The summed E-state index contributed by atoms with van der Waals surface area (Å²) in [4.78, 5) is 123. The highest BCUT2D eigenvalue weighted by Gasteiger charge is 2.29. The van der Waals surface area contributed by atoms with Crippen molar-refractivity contribution in [3.8, 4) is 11.5 Å². The molecular weight excluding hydrogens is 1100 g/mol. The highest BCUT2D eigenvalue weighted by Crippen LogP contribution is 2.27. The minimum atomic E-state index is -1.03. The van der Waals surface area contributed by atoms with Crippen molar-refractivity contribution in [1.82, 2.24) is 51.5 Å². The molecule has 5 amide bonds. The number of carboxylic acids is 3. The van der Waals surface area contributed by atoms with Crippen LogP contribution in [0.25, 0.3) is 0 Å². The number of phenols is 1. The zero-order valence-electron chi connectivity index (χ0n) is 47.8. The molecule has 1 aliphatic rings. The van der Waals surface area contributed by atoms with Crippen molar-refractivity contribution in [3.05, 3.63) is 116 Å². The van der Waals surface area contributed by atoms with Crippen molar-refractivity contribution >= 4 is 59.0 Å². The molecule has 0 unspecified atom stereocenters. The molecule has 1 aliphatic heterocycles. The molecule has 4 aromatic rings. The smallest absolute Gasteiger partial charge is 0.344 e. The Labute approximate surface area is 492 Å². The summed E-state index contributed by atoms with van der Waals surface area (Å²) in [6.07, 6.45) is 1.25. The summed E-state index contributed by atoms with van der Waals surface area (Å²) in [5.74, 6) is -4.55. The van der Waals surface area contributed by atoms with E-state index >= 15 is 0 Å². The van der Waals surface area contributed by atoms with Crippen LogP contribution in [0.5, 0.6) is 11.5 Å². The second-order valence-electron chi connectivity index (χ2n) is 20.1. The van der Waals surface area contributed by atoms with Crippen molar-refractivity contribution in [2.75, 3.05) is 135 Å². The van der Waals surface area contributed by atoms with E-state index in [1.165, 1.54) is 12.1 Å². The second kappa shape index (κ2) is 36.1. The number of aliphatic imine (C=N–C) groups is 1. The Morgan fingerprint density at radius 2 is 1.14 bits per heavy atom. The van der Waals surface area contributed by atoms with E-state index in [9.17, 15) is 63.6 Å². The summed E-state index contributed by atoms with van der Waals surface area (Å²) in [6, 6.07) is 20.6. The van der Waals surface area contributed by atoms with E-state index in [-0.39, 0.29) is 107 Å². The molecule has 0 aliphatic carbocycles. The third-order valence-corrected chi connectivity index (χ3v) is 13.6. The van der Waals surface area contributed by atoms with E-state index in [1.807, 2.05) is 23.1 Å². The fraction of sp³-hybridized carbons (Fsp3) is 0.474. The third kappa shape index (κ3) is 24.6. The Kier molecular flexibility index (Phi) is 28.5. The van der Waals surface area contributed by atoms with E-state index < -0.39 is 58.6 Å². The van der Waals surface area contributed by atoms with Crippen LogP contribution in [0, 0.1) is 0 Å². The topological polar surface area (TPSA) is 391 Å². The van der Waals surface area contributed by atoms with Gasteiger partial charge in [0, 0.05) is 111 Å². The maximum absolute atomic E-state index is 14.4. The first kappa shape index (κ1) is 67.1. The molecule has 0 bridgehead atoms. The maximum Gasteiger partial charge on any atom is 0.344 e. The number of aliphatic carboxylic acids is 3. The predicted octanol–water partition coefficient (Wildman–Crippen LogP) is -0.843. The monoisotopic (exact) mass is 1180 g/mol. The Morgan fingerprint density at radius 3 is 1.71 bits per heavy atom. The summed E-state index contributed by atoms with van der Waals surface area (Å²) < 4.78 is 6.01. The number of benzene rings is 3. The highest BCUT2D eigenvalue weighted by molar-refractivity contribution is 5.93. The number of phenolic OH excluding ortho intramolecular Hbond substituents is 1. The molecule has 0 radical (unpaired) electrons. The lowest BCUT2D eigenvalue weighted by atomic mass is 9.90. The average Bonchev–Trinajstić information content (AvgIpc) is 3.18. The number of anilines is 2. The number of aromatic hydroxyl groups is 1. The SMILES string of the molecule is CCC(=O)NCCNC(=O)/N=C(/N)NCCC[C@@H](NC(=O)[C@@H](c1ccccc1)c1ccc(OCCCNc2c(NCCNCN3CCN(CC(=O)O)CCN(CC(=O)O)CCN(CC(=O)O)CC3)c(=O)c2=O)cc1)C(=O)NCc1ccc(O)cc1. The van der Waals surface area contributed by atoms with E-state index in [2.05, 4.69) is 47.5 Å². The van der Waals surface area contributed by atoms with Gasteiger partial charge < -0.3 is 73.4 Å². The van der Waals surface area contributed by atoms with E-state index in [0.717, 1.165) is 5.56 Å². The van der Waals surface area contributed by atoms with Crippen molar-refractivity contribution in [2.45, 2.75) is 51.1 Å². The van der Waals surface area contributed by atoms with Gasteiger partial charge in [0.25, 0.3) is 10.9 Å². The number of nitrogens with two attached hydrogens (primary N) is 1. The first-order valence-electron chi connectivity index (χ1n) is 28.2. The normalized spacial score (nSPS) is 14.8. The van der Waals surface area contributed by atoms with Gasteiger partial charge in [-0.25, -0.2) is 4.79 Å². The number of guanidine groups is 1. The van der Waals surface area contributed by atoms with Crippen LogP contribution in [0.4, 0.5) is 16.2 Å². The van der Waals surface area contributed by atoms with Crippen LogP contribution < -0.4 is 63.9 Å². The van der Waals surface area contributed by atoms with Crippen molar-refractivity contribution in [1.29, 1.82) is 0 Å². The summed E-state index contributed by atoms with van der Waals surface area (Å²) in [5.41, 5.74) is 6.97. The molecule has 28 heteroatoms. The number of amides is 5. The minimum Gasteiger partial charge on any atom is -0.508 e. The molecule has 0 spiro atoms. The van der Waals surface area contributed by atoms with Crippen LogP contribution in [-0.4, -0.2) is 218 Å². The molecule has 0 saturated carbocycles. The molecular formula is C57H80N14O14. The lowest BCUT2D eigenvalue weighted by Crippen LogP contribution is -2.50. The van der Waals surface area contributed by atoms with Gasteiger partial charge in [-0.05, 0) is 60.2 Å². The van der Waals surface area contributed by atoms with Crippen LogP contribution >= 0.6 is 0 Å². The quantitative estimate of drug-likeness (QED) is 0.0120. The molecule has 28 nitrogen and oxygen atoms in total. The number of carbonyl (C=O) groups is 7. The number of ether oxygens (including phenoxy) is 1. The van der Waals surface area contributed by atoms with Gasteiger partial charge in [0.2, 0.25) is 17.7 Å². The lowest BCUT2D eigenvalue weighted by Gasteiger charge is -2.33. The molecule has 85 heavy (non-hydrogen) atoms. The zero-order chi connectivity index (χ0) is 61.5. The minimum absolute atomic E-state index is 0.0707. The molecule has 1 heterocycles. The first-order valence-corrected chi connectivity index (χ1v) is 28.2. The number of urea groups is 1. The number of nitrogens with one attached hydrogen (secondary N) is 8. The largest absolute Gasteiger partial charge is 0.508 e. The fourth-order valence-electron chi connectivity index (χ4n) is 9.06. The molecule has 462 valence electrons. The van der Waals surface area contributed by atoms with Gasteiger partial charge in [0.15, 0.2) is 5.96 Å². The summed E-state index contributed by atoms with van der Waals surface area (Å²) in [5, 5.41) is 61.4. The van der Waals surface area contributed by atoms with Gasteiger partial charge in [0.1, 0.15) is 28.9 Å². The van der Waals surface area contributed by atoms with E-state index in [0.29, 0.717) is 95.2 Å². The number of hydrogen-bond donors (Lipinski definition) is 13. The van der Waals surface area contributed by atoms with Crippen LogP contribution in [-0.2, 0) is 35.3 Å². The standard InChI is InChI=1S/C57H80N14O14/c1-2-45(73)60-23-24-64-57(84)67-56(58)63-19-6-10-44(54(82)65-34-39-11-15-42(72)16-12-39)66-55(83)49(40-8-4-3-5-9-40)41-13-17-43(18-14-41)85-33-7-20-61-50-51(53(81)52(50)80)62-22-21-59-38-71-31-29-69(36-47(76)77)27-25-68(35-46(74)75)26-28-70(30-32-71)37-48(78)79/h3-5,8-9,11-18,44,49,59,61-62,72H,2,6-7,10,19-38H2,1H3,(H,60,73)(H,65,82)(H,66,83)(H,74,75)(H,76,77)(H,78,79)(H4,58,63,64,67,84)/t44-,49+/m1/s1. The average molecular weight is 1190 g/mol. The van der Waals surface area contributed by atoms with Gasteiger partial charge >= 0.3 is 23.9 Å².